The van der Waals surface area contributed by atoms with Crippen molar-refractivity contribution in [1.29, 1.82) is 0 Å². The third kappa shape index (κ3) is 3.24. The first-order valence-electron chi connectivity index (χ1n) is 6.88. The van der Waals surface area contributed by atoms with Gasteiger partial charge < -0.3 is 5.32 Å². The van der Waals surface area contributed by atoms with Gasteiger partial charge in [-0.3, -0.25) is 10.1 Å². The molecule has 0 aliphatic carbocycles. The topological polar surface area (TPSA) is 92.6 Å². The van der Waals surface area contributed by atoms with Gasteiger partial charge in [-0.1, -0.05) is 11.6 Å². The Hall–Kier alpha value is -1.22. The Labute approximate surface area is 134 Å². The summed E-state index contributed by atoms with van der Waals surface area (Å²) in [5.41, 5.74) is -0.0279. The molecule has 0 aromatic heterocycles. The molecular weight excluding hydrogens is 330 g/mol. The van der Waals surface area contributed by atoms with Crippen molar-refractivity contribution in [3.8, 4) is 0 Å². The van der Waals surface area contributed by atoms with Crippen LogP contribution in [-0.2, 0) is 10.0 Å². The second-order valence-electron chi connectivity index (χ2n) is 5.31. The van der Waals surface area contributed by atoms with Crippen LogP contribution >= 0.6 is 11.6 Å². The number of nitro benzene ring substituents is 1. The number of nitrogens with one attached hydrogen (secondary N) is 1. The molecular formula is C13H18ClN3O4S. The quantitative estimate of drug-likeness (QED) is 0.663. The lowest BCUT2D eigenvalue weighted by Gasteiger charge is -2.30. The number of hydrogen-bond acceptors (Lipinski definition) is 5. The molecule has 1 fully saturated rings. The largest absolute Gasteiger partial charge is 0.317 e. The van der Waals surface area contributed by atoms with Crippen molar-refractivity contribution in [2.75, 3.05) is 20.1 Å². The monoisotopic (exact) mass is 347 g/mol. The van der Waals surface area contributed by atoms with Crippen molar-refractivity contribution in [3.63, 3.8) is 0 Å². The number of halogens is 1. The van der Waals surface area contributed by atoms with Crippen LogP contribution in [0.2, 0.25) is 5.02 Å². The van der Waals surface area contributed by atoms with Crippen molar-refractivity contribution in [2.45, 2.75) is 30.7 Å². The number of hydrogen-bond donors (Lipinski definition) is 1. The van der Waals surface area contributed by atoms with Crippen LogP contribution in [0.5, 0.6) is 0 Å². The molecule has 0 unspecified atom stereocenters. The highest BCUT2D eigenvalue weighted by molar-refractivity contribution is 7.89. The van der Waals surface area contributed by atoms with Crippen molar-refractivity contribution in [2.24, 2.45) is 0 Å². The third-order valence-corrected chi connectivity index (χ3v) is 6.27. The minimum atomic E-state index is -3.82. The Bertz CT molecular complexity index is 687. The predicted molar refractivity (Wildman–Crippen MR) is 83.7 cm³/mol. The Morgan fingerprint density at radius 2 is 1.95 bits per heavy atom. The smallest absolute Gasteiger partial charge is 0.275 e. The van der Waals surface area contributed by atoms with Crippen molar-refractivity contribution >= 4 is 27.3 Å². The molecule has 0 amide bonds. The third-order valence-electron chi connectivity index (χ3n) is 3.99. The summed E-state index contributed by atoms with van der Waals surface area (Å²) in [5, 5.41) is 14.3. The number of nitro groups is 1. The summed E-state index contributed by atoms with van der Waals surface area (Å²) < 4.78 is 26.7. The number of piperidine rings is 1. The van der Waals surface area contributed by atoms with Crippen LogP contribution in [-0.4, -0.2) is 43.8 Å². The van der Waals surface area contributed by atoms with Crippen LogP contribution in [0.1, 0.15) is 18.4 Å². The van der Waals surface area contributed by atoms with E-state index in [4.69, 9.17) is 11.6 Å². The van der Waals surface area contributed by atoms with Crippen LogP contribution < -0.4 is 5.32 Å². The number of rotatable bonds is 4. The van der Waals surface area contributed by atoms with E-state index in [1.165, 1.54) is 24.3 Å². The number of benzene rings is 1. The van der Waals surface area contributed by atoms with Crippen molar-refractivity contribution in [3.05, 3.63) is 32.8 Å². The molecule has 1 N–H and O–H groups in total. The molecule has 22 heavy (non-hydrogen) atoms. The number of nitrogens with zero attached hydrogens (tertiary/aromatic N) is 2. The van der Waals surface area contributed by atoms with Gasteiger partial charge in [0, 0.05) is 24.7 Å². The summed E-state index contributed by atoms with van der Waals surface area (Å²) in [5.74, 6) is 0. The summed E-state index contributed by atoms with van der Waals surface area (Å²) in [6, 6.07) is 2.23. The fourth-order valence-corrected chi connectivity index (χ4v) is 4.25. The molecule has 1 aliphatic heterocycles. The first-order chi connectivity index (χ1) is 10.2. The molecule has 0 radical (unpaired) electrons. The molecule has 0 spiro atoms. The van der Waals surface area contributed by atoms with E-state index in [9.17, 15) is 18.5 Å². The molecule has 1 aromatic rings. The highest BCUT2D eigenvalue weighted by Crippen LogP contribution is 2.31. The molecule has 1 aliphatic rings. The van der Waals surface area contributed by atoms with Gasteiger partial charge in [0.1, 0.15) is 0 Å². The standard InChI is InChI=1S/C13H18ClN3O4S/c1-9-12(14)7-11(8-13(9)17(18)19)22(20,21)16(2)10-3-5-15-6-4-10/h7-8,10,15H,3-6H2,1-2H3. The van der Waals surface area contributed by atoms with E-state index in [1.807, 2.05) is 0 Å². The zero-order valence-electron chi connectivity index (χ0n) is 12.4. The summed E-state index contributed by atoms with van der Waals surface area (Å²) >= 11 is 5.96. The van der Waals surface area contributed by atoms with Gasteiger partial charge in [-0.2, -0.15) is 4.31 Å². The van der Waals surface area contributed by atoms with E-state index in [2.05, 4.69) is 5.32 Å². The van der Waals surface area contributed by atoms with Gasteiger partial charge in [0.05, 0.1) is 14.8 Å². The summed E-state index contributed by atoms with van der Waals surface area (Å²) in [6.07, 6.45) is 1.41. The number of sulfonamides is 1. The summed E-state index contributed by atoms with van der Waals surface area (Å²) in [7, 11) is -2.31. The molecule has 1 saturated heterocycles. The SMILES string of the molecule is Cc1c(Cl)cc(S(=O)(=O)N(C)C2CCNCC2)cc1[N+](=O)[O-]. The normalized spacial score (nSPS) is 16.9. The first-order valence-corrected chi connectivity index (χ1v) is 8.70. The van der Waals surface area contributed by atoms with Gasteiger partial charge >= 0.3 is 0 Å². The van der Waals surface area contributed by atoms with Crippen molar-refractivity contribution < 1.29 is 13.3 Å². The molecule has 1 aromatic carbocycles. The van der Waals surface area contributed by atoms with Crippen molar-refractivity contribution in [1.82, 2.24) is 9.62 Å². The lowest BCUT2D eigenvalue weighted by Crippen LogP contribution is -2.43. The highest BCUT2D eigenvalue weighted by Gasteiger charge is 2.31. The van der Waals surface area contributed by atoms with Crippen LogP contribution in [0.15, 0.2) is 17.0 Å². The van der Waals surface area contributed by atoms with Gasteiger partial charge in [0.25, 0.3) is 5.69 Å². The van der Waals surface area contributed by atoms with E-state index < -0.39 is 14.9 Å². The minimum Gasteiger partial charge on any atom is -0.317 e. The minimum absolute atomic E-state index is 0.0754. The molecule has 122 valence electrons. The second kappa shape index (κ2) is 6.49. The van der Waals surface area contributed by atoms with Crippen LogP contribution in [0, 0.1) is 17.0 Å². The average Bonchev–Trinajstić information content (AvgIpc) is 2.49. The van der Waals surface area contributed by atoms with E-state index in [1.54, 1.807) is 0 Å². The Morgan fingerprint density at radius 3 is 2.50 bits per heavy atom. The van der Waals surface area contributed by atoms with Crippen LogP contribution in [0.3, 0.4) is 0 Å². The summed E-state index contributed by atoms with van der Waals surface area (Å²) in [6.45, 7) is 2.99. The van der Waals surface area contributed by atoms with Gasteiger partial charge in [-0.25, -0.2) is 8.42 Å². The second-order valence-corrected chi connectivity index (χ2v) is 7.71. The van der Waals surface area contributed by atoms with E-state index in [0.717, 1.165) is 19.2 Å². The fourth-order valence-electron chi connectivity index (χ4n) is 2.51. The Morgan fingerprint density at radius 1 is 1.36 bits per heavy atom. The van der Waals surface area contributed by atoms with E-state index >= 15 is 0 Å². The first kappa shape index (κ1) is 17.1. The highest BCUT2D eigenvalue weighted by atomic mass is 35.5. The lowest BCUT2D eigenvalue weighted by molar-refractivity contribution is -0.385. The summed E-state index contributed by atoms with van der Waals surface area (Å²) in [4.78, 5) is 10.3. The molecule has 2 rings (SSSR count). The zero-order valence-corrected chi connectivity index (χ0v) is 13.9. The maximum Gasteiger partial charge on any atom is 0.275 e. The fraction of sp³-hybridized carbons (Fsp3) is 0.538. The van der Waals surface area contributed by atoms with Gasteiger partial charge in [0.2, 0.25) is 10.0 Å². The van der Waals surface area contributed by atoms with Gasteiger partial charge in [0.15, 0.2) is 0 Å². The maximum absolute atomic E-state index is 12.7. The lowest BCUT2D eigenvalue weighted by atomic mass is 10.1. The molecule has 1 heterocycles. The van der Waals surface area contributed by atoms with Gasteiger partial charge in [-0.05, 0) is 38.9 Å². The molecule has 0 bridgehead atoms. The molecule has 0 atom stereocenters. The van der Waals surface area contributed by atoms with Crippen LogP contribution in [0.4, 0.5) is 5.69 Å². The van der Waals surface area contributed by atoms with E-state index in [0.29, 0.717) is 12.8 Å². The Kier molecular flexibility index (Phi) is 5.06. The zero-order chi connectivity index (χ0) is 16.5. The molecule has 0 saturated carbocycles. The van der Waals surface area contributed by atoms with E-state index in [-0.39, 0.29) is 27.2 Å². The predicted octanol–water partition coefficient (Wildman–Crippen LogP) is 1.93. The molecule has 9 heteroatoms. The van der Waals surface area contributed by atoms with Crippen LogP contribution in [0.25, 0.3) is 0 Å². The maximum atomic E-state index is 12.7. The molecule has 7 nitrogen and oxygen atoms in total. The average molecular weight is 348 g/mol. The Balaban J connectivity index is 2.42. The van der Waals surface area contributed by atoms with Gasteiger partial charge in [-0.15, -0.1) is 0 Å².